The van der Waals surface area contributed by atoms with Crippen LogP contribution in [0.2, 0.25) is 0 Å². The van der Waals surface area contributed by atoms with E-state index < -0.39 is 6.09 Å². The van der Waals surface area contributed by atoms with Crippen LogP contribution in [0.4, 0.5) is 4.79 Å². The second-order valence-corrected chi connectivity index (χ2v) is 4.78. The molecule has 0 bridgehead atoms. The SMILES string of the molecule is CN(C(=O)O)C1Cc2ccc(Br)cc2C1. The van der Waals surface area contributed by atoms with Gasteiger partial charge in [0.15, 0.2) is 0 Å². The van der Waals surface area contributed by atoms with Crippen LogP contribution in [0, 0.1) is 0 Å². The van der Waals surface area contributed by atoms with Crippen LogP contribution in [0.5, 0.6) is 0 Å². The van der Waals surface area contributed by atoms with Gasteiger partial charge in [-0.2, -0.15) is 0 Å². The number of nitrogens with zero attached hydrogens (tertiary/aromatic N) is 1. The van der Waals surface area contributed by atoms with Crippen molar-refractivity contribution >= 4 is 22.0 Å². The minimum atomic E-state index is -0.855. The van der Waals surface area contributed by atoms with Crippen molar-refractivity contribution in [3.63, 3.8) is 0 Å². The van der Waals surface area contributed by atoms with Gasteiger partial charge in [-0.1, -0.05) is 22.0 Å². The van der Waals surface area contributed by atoms with Crippen molar-refractivity contribution in [2.45, 2.75) is 18.9 Å². The normalized spacial score (nSPS) is 18.7. The Balaban J connectivity index is 2.19. The maximum atomic E-state index is 10.8. The molecule has 0 spiro atoms. The third kappa shape index (κ3) is 2.00. The highest BCUT2D eigenvalue weighted by Gasteiger charge is 2.27. The molecule has 1 aromatic carbocycles. The van der Waals surface area contributed by atoms with Crippen LogP contribution >= 0.6 is 15.9 Å². The highest BCUT2D eigenvalue weighted by atomic mass is 79.9. The molecule has 1 N–H and O–H groups in total. The Bertz CT molecular complexity index is 406. The highest BCUT2D eigenvalue weighted by molar-refractivity contribution is 9.10. The molecule has 1 atom stereocenters. The van der Waals surface area contributed by atoms with Gasteiger partial charge in [-0.25, -0.2) is 4.79 Å². The smallest absolute Gasteiger partial charge is 0.407 e. The predicted molar refractivity (Wildman–Crippen MR) is 61.1 cm³/mol. The zero-order chi connectivity index (χ0) is 11.0. The number of hydrogen-bond acceptors (Lipinski definition) is 1. The van der Waals surface area contributed by atoms with Crippen LogP contribution in [-0.4, -0.2) is 29.2 Å². The van der Waals surface area contributed by atoms with Crippen LogP contribution in [0.3, 0.4) is 0 Å². The van der Waals surface area contributed by atoms with E-state index in [1.165, 1.54) is 16.0 Å². The Labute approximate surface area is 96.8 Å². The van der Waals surface area contributed by atoms with Crippen molar-refractivity contribution in [2.75, 3.05) is 7.05 Å². The lowest BCUT2D eigenvalue weighted by Gasteiger charge is -2.20. The molecule has 0 fully saturated rings. The molecule has 0 aromatic heterocycles. The molecule has 1 unspecified atom stereocenters. The molecule has 0 saturated heterocycles. The third-order valence-electron chi connectivity index (χ3n) is 2.93. The Hall–Kier alpha value is -1.03. The number of benzene rings is 1. The molecule has 2 rings (SSSR count). The van der Waals surface area contributed by atoms with E-state index in [0.717, 1.165) is 17.3 Å². The van der Waals surface area contributed by atoms with E-state index in [4.69, 9.17) is 5.11 Å². The molecule has 0 aliphatic heterocycles. The largest absolute Gasteiger partial charge is 0.465 e. The van der Waals surface area contributed by atoms with E-state index in [1.54, 1.807) is 7.05 Å². The number of carbonyl (C=O) groups is 1. The van der Waals surface area contributed by atoms with E-state index in [9.17, 15) is 4.79 Å². The number of rotatable bonds is 1. The van der Waals surface area contributed by atoms with E-state index >= 15 is 0 Å². The summed E-state index contributed by atoms with van der Waals surface area (Å²) in [4.78, 5) is 12.2. The van der Waals surface area contributed by atoms with Gasteiger partial charge in [0, 0.05) is 17.6 Å². The first kappa shape index (κ1) is 10.5. The minimum Gasteiger partial charge on any atom is -0.465 e. The average Bonchev–Trinajstić information content (AvgIpc) is 2.58. The summed E-state index contributed by atoms with van der Waals surface area (Å²) < 4.78 is 1.06. The molecule has 4 heteroatoms. The number of amides is 1. The third-order valence-corrected chi connectivity index (χ3v) is 3.42. The number of carboxylic acid groups (broad SMARTS) is 1. The van der Waals surface area contributed by atoms with E-state index in [0.29, 0.717) is 0 Å². The van der Waals surface area contributed by atoms with Crippen molar-refractivity contribution in [1.82, 2.24) is 4.90 Å². The summed E-state index contributed by atoms with van der Waals surface area (Å²) in [5.74, 6) is 0. The van der Waals surface area contributed by atoms with E-state index in [-0.39, 0.29) is 6.04 Å². The summed E-state index contributed by atoms with van der Waals surface area (Å²) in [6.45, 7) is 0. The van der Waals surface area contributed by atoms with Crippen molar-refractivity contribution < 1.29 is 9.90 Å². The second kappa shape index (κ2) is 3.85. The molecule has 0 saturated carbocycles. The Morgan fingerprint density at radius 1 is 1.47 bits per heavy atom. The Morgan fingerprint density at radius 2 is 2.13 bits per heavy atom. The second-order valence-electron chi connectivity index (χ2n) is 3.87. The minimum absolute atomic E-state index is 0.0896. The Kier molecular flexibility index (Phi) is 2.69. The molecule has 1 aromatic rings. The lowest BCUT2D eigenvalue weighted by atomic mass is 10.1. The van der Waals surface area contributed by atoms with E-state index in [2.05, 4.69) is 28.1 Å². The number of hydrogen-bond donors (Lipinski definition) is 1. The van der Waals surface area contributed by atoms with Crippen LogP contribution in [-0.2, 0) is 12.8 Å². The fourth-order valence-corrected chi connectivity index (χ4v) is 2.40. The molecule has 15 heavy (non-hydrogen) atoms. The van der Waals surface area contributed by atoms with Gasteiger partial charge in [0.05, 0.1) is 0 Å². The van der Waals surface area contributed by atoms with Crippen LogP contribution in [0.15, 0.2) is 22.7 Å². The van der Waals surface area contributed by atoms with Crippen molar-refractivity contribution in [1.29, 1.82) is 0 Å². The summed E-state index contributed by atoms with van der Waals surface area (Å²) in [6.07, 6.45) is 0.787. The van der Waals surface area contributed by atoms with Crippen LogP contribution in [0.1, 0.15) is 11.1 Å². The fourth-order valence-electron chi connectivity index (χ4n) is 1.99. The summed E-state index contributed by atoms with van der Waals surface area (Å²) in [5, 5.41) is 8.89. The molecule has 1 aliphatic rings. The Morgan fingerprint density at radius 3 is 2.80 bits per heavy atom. The lowest BCUT2D eigenvalue weighted by Crippen LogP contribution is -2.36. The van der Waals surface area contributed by atoms with Crippen molar-refractivity contribution in [3.8, 4) is 0 Å². The maximum Gasteiger partial charge on any atom is 0.407 e. The maximum absolute atomic E-state index is 10.8. The molecule has 0 heterocycles. The van der Waals surface area contributed by atoms with Gasteiger partial charge < -0.3 is 10.0 Å². The molecule has 3 nitrogen and oxygen atoms in total. The van der Waals surface area contributed by atoms with Crippen LogP contribution < -0.4 is 0 Å². The first-order chi connectivity index (χ1) is 7.08. The fraction of sp³-hybridized carbons (Fsp3) is 0.364. The van der Waals surface area contributed by atoms with E-state index in [1.807, 2.05) is 6.07 Å². The van der Waals surface area contributed by atoms with Gasteiger partial charge in [-0.05, 0) is 36.1 Å². The van der Waals surface area contributed by atoms with Crippen molar-refractivity contribution in [3.05, 3.63) is 33.8 Å². The molecular weight excluding hydrogens is 258 g/mol. The first-order valence-electron chi connectivity index (χ1n) is 4.81. The first-order valence-corrected chi connectivity index (χ1v) is 5.60. The predicted octanol–water partition coefficient (Wildman–Crippen LogP) is 2.53. The number of fused-ring (bicyclic) bond motifs is 1. The molecule has 1 amide bonds. The summed E-state index contributed by atoms with van der Waals surface area (Å²) in [7, 11) is 1.63. The van der Waals surface area contributed by atoms with Crippen LogP contribution in [0.25, 0.3) is 0 Å². The molecule has 0 radical (unpaired) electrons. The van der Waals surface area contributed by atoms with Gasteiger partial charge in [0.1, 0.15) is 0 Å². The number of halogens is 1. The van der Waals surface area contributed by atoms with Gasteiger partial charge in [0.2, 0.25) is 0 Å². The topological polar surface area (TPSA) is 40.5 Å². The summed E-state index contributed by atoms with van der Waals surface area (Å²) in [5.41, 5.74) is 2.51. The zero-order valence-electron chi connectivity index (χ0n) is 8.40. The van der Waals surface area contributed by atoms with Gasteiger partial charge in [0.25, 0.3) is 0 Å². The summed E-state index contributed by atoms with van der Waals surface area (Å²) in [6, 6.07) is 6.23. The molecule has 1 aliphatic carbocycles. The van der Waals surface area contributed by atoms with Crippen molar-refractivity contribution in [2.24, 2.45) is 0 Å². The summed E-state index contributed by atoms with van der Waals surface area (Å²) >= 11 is 3.42. The lowest BCUT2D eigenvalue weighted by molar-refractivity contribution is 0.140. The molecular formula is C11H12BrNO2. The number of likely N-dealkylation sites (N-methyl/N-ethyl adjacent to an activating group) is 1. The standard InChI is InChI=1S/C11H12BrNO2/c1-13(11(14)15)10-5-7-2-3-9(12)4-8(7)6-10/h2-4,10H,5-6H2,1H3,(H,14,15). The highest BCUT2D eigenvalue weighted by Crippen LogP contribution is 2.27. The van der Waals surface area contributed by atoms with Gasteiger partial charge >= 0.3 is 6.09 Å². The van der Waals surface area contributed by atoms with Gasteiger partial charge in [-0.15, -0.1) is 0 Å². The zero-order valence-corrected chi connectivity index (χ0v) is 9.99. The average molecular weight is 270 g/mol. The molecule has 80 valence electrons. The van der Waals surface area contributed by atoms with Gasteiger partial charge in [-0.3, -0.25) is 0 Å². The monoisotopic (exact) mass is 269 g/mol. The quantitative estimate of drug-likeness (QED) is 0.851.